The quantitative estimate of drug-likeness (QED) is 0.713. The van der Waals surface area contributed by atoms with E-state index in [1.807, 2.05) is 11.8 Å². The molecule has 2 amide bonds. The van der Waals surface area contributed by atoms with Gasteiger partial charge in [-0.3, -0.25) is 9.59 Å². The standard InChI is InChI=1S/C14H26N4O2/c1-14(13(20)15-2)4-8-17(11-14)7-3-12(19)18-9-5-16-6-10-18/h16H,3-11H2,1-2H3,(H,15,20). The van der Waals surface area contributed by atoms with Crippen molar-refractivity contribution in [1.29, 1.82) is 0 Å². The van der Waals surface area contributed by atoms with Crippen LogP contribution in [-0.4, -0.2) is 74.5 Å². The Hall–Kier alpha value is -1.14. The van der Waals surface area contributed by atoms with Crippen LogP contribution in [0.3, 0.4) is 0 Å². The second kappa shape index (κ2) is 6.54. The van der Waals surface area contributed by atoms with Gasteiger partial charge >= 0.3 is 0 Å². The monoisotopic (exact) mass is 282 g/mol. The Balaban J connectivity index is 1.75. The molecule has 2 heterocycles. The molecule has 6 heteroatoms. The second-order valence-corrected chi connectivity index (χ2v) is 6.05. The molecule has 2 N–H and O–H groups in total. The first kappa shape index (κ1) is 15.3. The summed E-state index contributed by atoms with van der Waals surface area (Å²) in [7, 11) is 1.68. The first-order valence-corrected chi connectivity index (χ1v) is 7.48. The Morgan fingerprint density at radius 1 is 1.25 bits per heavy atom. The minimum Gasteiger partial charge on any atom is -0.359 e. The van der Waals surface area contributed by atoms with Crippen molar-refractivity contribution in [3.63, 3.8) is 0 Å². The Kier molecular flexibility index (Phi) is 4.99. The van der Waals surface area contributed by atoms with Gasteiger partial charge in [-0.2, -0.15) is 0 Å². The van der Waals surface area contributed by atoms with Gasteiger partial charge in [0.15, 0.2) is 0 Å². The number of piperazine rings is 1. The van der Waals surface area contributed by atoms with Gasteiger partial charge in [0.25, 0.3) is 0 Å². The van der Waals surface area contributed by atoms with E-state index >= 15 is 0 Å². The lowest BCUT2D eigenvalue weighted by Gasteiger charge is -2.28. The van der Waals surface area contributed by atoms with Gasteiger partial charge in [-0.1, -0.05) is 0 Å². The van der Waals surface area contributed by atoms with E-state index in [0.717, 1.165) is 52.2 Å². The Morgan fingerprint density at radius 3 is 2.60 bits per heavy atom. The molecule has 0 aliphatic carbocycles. The van der Waals surface area contributed by atoms with E-state index in [2.05, 4.69) is 15.5 Å². The maximum atomic E-state index is 12.1. The first-order chi connectivity index (χ1) is 9.55. The third-order valence-corrected chi connectivity index (χ3v) is 4.44. The smallest absolute Gasteiger partial charge is 0.227 e. The molecule has 0 aromatic heterocycles. The molecule has 0 saturated carbocycles. The van der Waals surface area contributed by atoms with Gasteiger partial charge in [-0.05, 0) is 19.9 Å². The van der Waals surface area contributed by atoms with E-state index in [4.69, 9.17) is 0 Å². The van der Waals surface area contributed by atoms with Crippen molar-refractivity contribution in [3.05, 3.63) is 0 Å². The lowest BCUT2D eigenvalue weighted by atomic mass is 9.89. The fourth-order valence-corrected chi connectivity index (χ4v) is 3.06. The van der Waals surface area contributed by atoms with Crippen LogP contribution in [0, 0.1) is 5.41 Å². The zero-order valence-corrected chi connectivity index (χ0v) is 12.6. The largest absolute Gasteiger partial charge is 0.359 e. The van der Waals surface area contributed by atoms with E-state index in [-0.39, 0.29) is 17.2 Å². The van der Waals surface area contributed by atoms with E-state index in [9.17, 15) is 9.59 Å². The van der Waals surface area contributed by atoms with Crippen molar-refractivity contribution in [2.24, 2.45) is 5.41 Å². The number of carbonyl (C=O) groups excluding carboxylic acids is 2. The summed E-state index contributed by atoms with van der Waals surface area (Å²) in [6.07, 6.45) is 1.43. The molecular formula is C14H26N4O2. The van der Waals surface area contributed by atoms with Crippen molar-refractivity contribution in [3.8, 4) is 0 Å². The normalized spacial score (nSPS) is 27.6. The molecule has 0 radical (unpaired) electrons. The van der Waals surface area contributed by atoms with Crippen LogP contribution in [0.4, 0.5) is 0 Å². The van der Waals surface area contributed by atoms with Gasteiger partial charge < -0.3 is 20.4 Å². The first-order valence-electron chi connectivity index (χ1n) is 7.48. The molecule has 2 rings (SSSR count). The lowest BCUT2D eigenvalue weighted by molar-refractivity contribution is -0.132. The molecule has 2 saturated heterocycles. The van der Waals surface area contributed by atoms with Gasteiger partial charge in [0.2, 0.25) is 11.8 Å². The average molecular weight is 282 g/mol. The molecule has 1 unspecified atom stereocenters. The summed E-state index contributed by atoms with van der Waals surface area (Å²) in [5.41, 5.74) is -0.299. The molecule has 20 heavy (non-hydrogen) atoms. The van der Waals surface area contributed by atoms with Gasteiger partial charge in [0, 0.05) is 52.7 Å². The minimum absolute atomic E-state index is 0.105. The number of hydrogen-bond donors (Lipinski definition) is 2. The Morgan fingerprint density at radius 2 is 1.95 bits per heavy atom. The molecule has 0 aromatic rings. The van der Waals surface area contributed by atoms with Crippen LogP contribution in [0.15, 0.2) is 0 Å². The predicted octanol–water partition coefficient (Wildman–Crippen LogP) is -0.734. The SMILES string of the molecule is CNC(=O)C1(C)CCN(CCC(=O)N2CCNCC2)C1. The minimum atomic E-state index is -0.299. The molecular weight excluding hydrogens is 256 g/mol. The Bertz CT molecular complexity index is 368. The number of nitrogens with zero attached hydrogens (tertiary/aromatic N) is 2. The van der Waals surface area contributed by atoms with Gasteiger partial charge in [0.05, 0.1) is 5.41 Å². The summed E-state index contributed by atoms with van der Waals surface area (Å²) >= 11 is 0. The van der Waals surface area contributed by atoms with Crippen LogP contribution in [0.5, 0.6) is 0 Å². The Labute approximate surface area is 120 Å². The maximum absolute atomic E-state index is 12.1. The predicted molar refractivity (Wildman–Crippen MR) is 77.3 cm³/mol. The maximum Gasteiger partial charge on any atom is 0.227 e. The molecule has 0 spiro atoms. The van der Waals surface area contributed by atoms with Gasteiger partial charge in [-0.15, -0.1) is 0 Å². The van der Waals surface area contributed by atoms with Gasteiger partial charge in [0.1, 0.15) is 0 Å². The van der Waals surface area contributed by atoms with E-state index in [1.165, 1.54) is 0 Å². The summed E-state index contributed by atoms with van der Waals surface area (Å²) in [4.78, 5) is 28.1. The van der Waals surface area contributed by atoms with Crippen molar-refractivity contribution < 1.29 is 9.59 Å². The van der Waals surface area contributed by atoms with Crippen LogP contribution in [0.2, 0.25) is 0 Å². The van der Waals surface area contributed by atoms with Crippen molar-refractivity contribution in [2.75, 3.05) is 52.9 Å². The highest BCUT2D eigenvalue weighted by atomic mass is 16.2. The van der Waals surface area contributed by atoms with Crippen LogP contribution >= 0.6 is 0 Å². The summed E-state index contributed by atoms with van der Waals surface area (Å²) in [6.45, 7) is 7.83. The summed E-state index contributed by atoms with van der Waals surface area (Å²) < 4.78 is 0. The number of likely N-dealkylation sites (tertiary alicyclic amines) is 1. The van der Waals surface area contributed by atoms with Crippen LogP contribution in [0.1, 0.15) is 19.8 Å². The van der Waals surface area contributed by atoms with Crippen molar-refractivity contribution >= 4 is 11.8 Å². The van der Waals surface area contributed by atoms with Crippen molar-refractivity contribution in [2.45, 2.75) is 19.8 Å². The van der Waals surface area contributed by atoms with Crippen LogP contribution in [-0.2, 0) is 9.59 Å². The van der Waals surface area contributed by atoms with Gasteiger partial charge in [-0.25, -0.2) is 0 Å². The number of carbonyl (C=O) groups is 2. The molecule has 0 aromatic carbocycles. The number of rotatable bonds is 4. The number of amides is 2. The highest BCUT2D eigenvalue weighted by Crippen LogP contribution is 2.29. The average Bonchev–Trinajstić information content (AvgIpc) is 2.87. The lowest BCUT2D eigenvalue weighted by Crippen LogP contribution is -2.47. The molecule has 2 aliphatic rings. The zero-order valence-electron chi connectivity index (χ0n) is 12.6. The van der Waals surface area contributed by atoms with Crippen molar-refractivity contribution in [1.82, 2.24) is 20.4 Å². The highest BCUT2D eigenvalue weighted by molar-refractivity contribution is 5.82. The number of hydrogen-bond acceptors (Lipinski definition) is 4. The fraction of sp³-hybridized carbons (Fsp3) is 0.857. The molecule has 2 aliphatic heterocycles. The summed E-state index contributed by atoms with van der Waals surface area (Å²) in [5, 5.41) is 5.98. The third-order valence-electron chi connectivity index (χ3n) is 4.44. The molecule has 1 atom stereocenters. The molecule has 2 fully saturated rings. The molecule has 6 nitrogen and oxygen atoms in total. The zero-order chi connectivity index (χ0) is 14.6. The summed E-state index contributed by atoms with van der Waals surface area (Å²) in [5.74, 6) is 0.341. The third kappa shape index (κ3) is 3.49. The van der Waals surface area contributed by atoms with E-state index in [1.54, 1.807) is 7.05 Å². The van der Waals surface area contributed by atoms with Crippen LogP contribution in [0.25, 0.3) is 0 Å². The fourth-order valence-electron chi connectivity index (χ4n) is 3.06. The summed E-state index contributed by atoms with van der Waals surface area (Å²) in [6, 6.07) is 0. The van der Waals surface area contributed by atoms with E-state index < -0.39 is 0 Å². The highest BCUT2D eigenvalue weighted by Gasteiger charge is 2.39. The molecule has 114 valence electrons. The topological polar surface area (TPSA) is 64.7 Å². The number of nitrogens with one attached hydrogen (secondary N) is 2. The molecule has 0 bridgehead atoms. The second-order valence-electron chi connectivity index (χ2n) is 6.05. The van der Waals surface area contributed by atoms with Crippen LogP contribution < -0.4 is 10.6 Å². The van der Waals surface area contributed by atoms with E-state index in [0.29, 0.717) is 6.42 Å².